The van der Waals surface area contributed by atoms with Gasteiger partial charge in [0.2, 0.25) is 0 Å². The lowest BCUT2D eigenvalue weighted by atomic mass is 9.64. The Morgan fingerprint density at radius 1 is 1.18 bits per heavy atom. The molecule has 0 aromatic rings. The van der Waals surface area contributed by atoms with Gasteiger partial charge >= 0.3 is 0 Å². The highest BCUT2D eigenvalue weighted by Gasteiger charge is 2.64. The molecular formula is C15H27NO. The molecule has 0 unspecified atom stereocenters. The highest BCUT2D eigenvalue weighted by molar-refractivity contribution is 5.15. The van der Waals surface area contributed by atoms with E-state index >= 15 is 0 Å². The summed E-state index contributed by atoms with van der Waals surface area (Å²) < 4.78 is 0. The average Bonchev–Trinajstić information content (AvgIpc) is 2.75. The Hall–Kier alpha value is -0.0800. The molecule has 5 atom stereocenters. The summed E-state index contributed by atoms with van der Waals surface area (Å²) in [6.45, 7) is 9.20. The zero-order valence-corrected chi connectivity index (χ0v) is 11.4. The first-order chi connectivity index (χ1) is 8.04. The molecule has 1 saturated heterocycles. The lowest BCUT2D eigenvalue weighted by Gasteiger charge is -2.46. The van der Waals surface area contributed by atoms with Gasteiger partial charge in [0.15, 0.2) is 0 Å². The SMILES string of the molecule is CC(C)[C@H]1CC[C@@H](C)C[C@@]1(O)C1[C@@H]2CNC[C@@H]12. The second kappa shape index (κ2) is 3.96. The number of aliphatic hydroxyl groups is 1. The van der Waals surface area contributed by atoms with Crippen LogP contribution in [-0.2, 0) is 0 Å². The molecule has 2 nitrogen and oxygen atoms in total. The second-order valence-electron chi connectivity index (χ2n) is 7.24. The quantitative estimate of drug-likeness (QED) is 0.772. The fourth-order valence-electron chi connectivity index (χ4n) is 4.98. The van der Waals surface area contributed by atoms with Gasteiger partial charge in [0.05, 0.1) is 5.60 Å². The number of rotatable bonds is 2. The molecule has 2 heteroatoms. The van der Waals surface area contributed by atoms with Crippen molar-refractivity contribution in [2.24, 2.45) is 35.5 Å². The van der Waals surface area contributed by atoms with Gasteiger partial charge in [-0.25, -0.2) is 0 Å². The van der Waals surface area contributed by atoms with Gasteiger partial charge in [-0.15, -0.1) is 0 Å². The van der Waals surface area contributed by atoms with Crippen LogP contribution in [0.1, 0.15) is 40.0 Å². The zero-order chi connectivity index (χ0) is 12.2. The monoisotopic (exact) mass is 237 g/mol. The Balaban J connectivity index is 1.81. The molecular weight excluding hydrogens is 210 g/mol. The van der Waals surface area contributed by atoms with Crippen molar-refractivity contribution in [2.45, 2.75) is 45.6 Å². The predicted molar refractivity (Wildman–Crippen MR) is 69.6 cm³/mol. The zero-order valence-electron chi connectivity index (χ0n) is 11.4. The van der Waals surface area contributed by atoms with Crippen LogP contribution in [0.3, 0.4) is 0 Å². The van der Waals surface area contributed by atoms with Crippen molar-refractivity contribution in [1.29, 1.82) is 0 Å². The van der Waals surface area contributed by atoms with Crippen LogP contribution in [0.4, 0.5) is 0 Å². The summed E-state index contributed by atoms with van der Waals surface area (Å²) in [5.41, 5.74) is -0.344. The van der Waals surface area contributed by atoms with Crippen LogP contribution in [-0.4, -0.2) is 23.8 Å². The van der Waals surface area contributed by atoms with Crippen LogP contribution in [0.5, 0.6) is 0 Å². The van der Waals surface area contributed by atoms with Crippen molar-refractivity contribution in [1.82, 2.24) is 5.32 Å². The largest absolute Gasteiger partial charge is 0.389 e. The molecule has 3 aliphatic rings. The molecule has 98 valence electrons. The predicted octanol–water partition coefficient (Wildman–Crippen LogP) is 2.28. The first-order valence-electron chi connectivity index (χ1n) is 7.47. The molecule has 2 aliphatic carbocycles. The summed E-state index contributed by atoms with van der Waals surface area (Å²) >= 11 is 0. The second-order valence-corrected chi connectivity index (χ2v) is 7.24. The molecule has 3 fully saturated rings. The van der Waals surface area contributed by atoms with Crippen LogP contribution >= 0.6 is 0 Å². The van der Waals surface area contributed by atoms with Gasteiger partial charge in [0.1, 0.15) is 0 Å². The van der Waals surface area contributed by atoms with Crippen LogP contribution in [0, 0.1) is 35.5 Å². The third kappa shape index (κ3) is 1.76. The van der Waals surface area contributed by atoms with Crippen LogP contribution in [0.25, 0.3) is 0 Å². The summed E-state index contributed by atoms with van der Waals surface area (Å²) in [7, 11) is 0. The lowest BCUT2D eigenvalue weighted by molar-refractivity contribution is -0.104. The fraction of sp³-hybridized carbons (Fsp3) is 1.00. The highest BCUT2D eigenvalue weighted by Crippen LogP contribution is 2.61. The van der Waals surface area contributed by atoms with Gasteiger partial charge in [-0.1, -0.05) is 27.2 Å². The molecule has 0 spiro atoms. The summed E-state index contributed by atoms with van der Waals surface area (Å²) in [5, 5.41) is 14.7. The van der Waals surface area contributed by atoms with E-state index in [0.717, 1.165) is 31.3 Å². The molecule has 3 rings (SSSR count). The molecule has 0 aromatic carbocycles. The van der Waals surface area contributed by atoms with Gasteiger partial charge in [-0.05, 0) is 61.4 Å². The standard InChI is InChI=1S/C15H27NO/c1-9(2)13-5-4-10(3)6-15(13,17)14-11-7-16-8-12(11)14/h9-14,16-17H,4-8H2,1-3H3/t10-,11-,12-,13-,15+/m1/s1. The van der Waals surface area contributed by atoms with E-state index in [1.807, 2.05) is 0 Å². The minimum atomic E-state index is -0.344. The molecule has 0 bridgehead atoms. The van der Waals surface area contributed by atoms with Crippen LogP contribution in [0.2, 0.25) is 0 Å². The van der Waals surface area contributed by atoms with Crippen LogP contribution < -0.4 is 5.32 Å². The molecule has 2 saturated carbocycles. The highest BCUT2D eigenvalue weighted by atomic mass is 16.3. The summed E-state index contributed by atoms with van der Waals surface area (Å²) in [6, 6.07) is 0. The van der Waals surface area contributed by atoms with E-state index in [9.17, 15) is 5.11 Å². The Labute approximate surface area is 105 Å². The molecule has 1 heterocycles. The first-order valence-corrected chi connectivity index (χ1v) is 7.47. The maximum absolute atomic E-state index is 11.3. The molecule has 0 radical (unpaired) electrons. The van der Waals surface area contributed by atoms with Crippen molar-refractivity contribution in [3.05, 3.63) is 0 Å². The molecule has 2 N–H and O–H groups in total. The van der Waals surface area contributed by atoms with E-state index in [1.54, 1.807) is 0 Å². The van der Waals surface area contributed by atoms with E-state index in [0.29, 0.717) is 23.7 Å². The fourth-order valence-corrected chi connectivity index (χ4v) is 4.98. The van der Waals surface area contributed by atoms with Crippen molar-refractivity contribution >= 4 is 0 Å². The molecule has 0 amide bonds. The summed E-state index contributed by atoms with van der Waals surface area (Å²) in [6.07, 6.45) is 3.59. The maximum Gasteiger partial charge on any atom is 0.0715 e. The van der Waals surface area contributed by atoms with Crippen molar-refractivity contribution in [3.8, 4) is 0 Å². The van der Waals surface area contributed by atoms with Gasteiger partial charge in [-0.3, -0.25) is 0 Å². The van der Waals surface area contributed by atoms with Crippen molar-refractivity contribution < 1.29 is 5.11 Å². The number of nitrogens with one attached hydrogen (secondary N) is 1. The van der Waals surface area contributed by atoms with E-state index in [4.69, 9.17) is 0 Å². The Morgan fingerprint density at radius 2 is 1.82 bits per heavy atom. The third-order valence-electron chi connectivity index (χ3n) is 5.76. The number of hydrogen-bond donors (Lipinski definition) is 2. The van der Waals surface area contributed by atoms with Crippen molar-refractivity contribution in [3.63, 3.8) is 0 Å². The molecule has 17 heavy (non-hydrogen) atoms. The smallest absolute Gasteiger partial charge is 0.0715 e. The topological polar surface area (TPSA) is 32.3 Å². The average molecular weight is 237 g/mol. The molecule has 0 aromatic heterocycles. The lowest BCUT2D eigenvalue weighted by Crippen LogP contribution is -2.49. The maximum atomic E-state index is 11.3. The third-order valence-corrected chi connectivity index (χ3v) is 5.76. The Morgan fingerprint density at radius 3 is 2.41 bits per heavy atom. The molecule has 1 aliphatic heterocycles. The summed E-state index contributed by atoms with van der Waals surface area (Å²) in [5.74, 6) is 4.05. The van der Waals surface area contributed by atoms with Gasteiger partial charge in [0.25, 0.3) is 0 Å². The van der Waals surface area contributed by atoms with E-state index < -0.39 is 0 Å². The Kier molecular flexibility index (Phi) is 2.79. The minimum Gasteiger partial charge on any atom is -0.389 e. The minimum absolute atomic E-state index is 0.344. The van der Waals surface area contributed by atoms with Gasteiger partial charge < -0.3 is 10.4 Å². The van der Waals surface area contributed by atoms with Crippen molar-refractivity contribution in [2.75, 3.05) is 13.1 Å². The van der Waals surface area contributed by atoms with Gasteiger partial charge in [-0.2, -0.15) is 0 Å². The van der Waals surface area contributed by atoms with Gasteiger partial charge in [0, 0.05) is 0 Å². The van der Waals surface area contributed by atoms with Crippen LogP contribution in [0.15, 0.2) is 0 Å². The van der Waals surface area contributed by atoms with E-state index in [2.05, 4.69) is 26.1 Å². The van der Waals surface area contributed by atoms with E-state index in [1.165, 1.54) is 12.8 Å². The summed E-state index contributed by atoms with van der Waals surface area (Å²) in [4.78, 5) is 0. The first kappa shape index (κ1) is 12.0. The number of piperidine rings is 1. The Bertz CT molecular complexity index is 293. The normalized spacial score (nSPS) is 53.8. The number of fused-ring (bicyclic) bond motifs is 1. The number of hydrogen-bond acceptors (Lipinski definition) is 2. The van der Waals surface area contributed by atoms with E-state index in [-0.39, 0.29) is 5.60 Å².